The molecule has 4 saturated carbocycles. The number of carbonyl (C=O) groups is 1. The van der Waals surface area contributed by atoms with Gasteiger partial charge in [0.15, 0.2) is 6.29 Å². The largest absolute Gasteiger partial charge is 0.481 e. The smallest absolute Gasteiger partial charge is 0.307 e. The van der Waals surface area contributed by atoms with Crippen LogP contribution in [0.1, 0.15) is 85.0 Å². The van der Waals surface area contributed by atoms with Gasteiger partial charge in [0.1, 0.15) is 6.10 Å². The van der Waals surface area contributed by atoms with Crippen LogP contribution in [0.2, 0.25) is 0 Å². The van der Waals surface area contributed by atoms with E-state index in [0.29, 0.717) is 24.2 Å². The number of fused-ring (bicyclic) bond motifs is 5. The maximum absolute atomic E-state index is 12.0. The third kappa shape index (κ3) is 3.52. The van der Waals surface area contributed by atoms with Crippen molar-refractivity contribution in [1.82, 2.24) is 0 Å². The molecule has 188 valence electrons. The van der Waals surface area contributed by atoms with Crippen LogP contribution in [0.4, 0.5) is 0 Å². The molecule has 0 bridgehead atoms. The highest BCUT2D eigenvalue weighted by Crippen LogP contribution is 2.68. The summed E-state index contributed by atoms with van der Waals surface area (Å²) in [7, 11) is 0. The molecule has 4 aliphatic carbocycles. The molecule has 0 amide bonds. The highest BCUT2D eigenvalue weighted by molar-refractivity contribution is 5.72. The number of aliphatic hydroxyl groups excluding tert-OH is 2. The van der Waals surface area contributed by atoms with E-state index in [4.69, 9.17) is 15.2 Å². The van der Waals surface area contributed by atoms with E-state index in [1.807, 2.05) is 6.92 Å². The van der Waals surface area contributed by atoms with Gasteiger partial charge in [-0.3, -0.25) is 4.79 Å². The van der Waals surface area contributed by atoms with E-state index in [-0.39, 0.29) is 40.9 Å². The average Bonchev–Trinajstić information content (AvgIpc) is 3.03. The fraction of sp³-hybridized carbons (Fsp3) is 0.962. The highest BCUT2D eigenvalue weighted by Gasteiger charge is 2.67. The second kappa shape index (κ2) is 8.16. The number of aliphatic carboxylic acids is 1. The van der Waals surface area contributed by atoms with E-state index < -0.39 is 24.5 Å². The maximum Gasteiger partial charge on any atom is 0.307 e. The second-order valence-electron chi connectivity index (χ2n) is 12.5. The van der Waals surface area contributed by atoms with Crippen molar-refractivity contribution in [2.45, 2.75) is 121 Å². The molecular formula is C26H43NO6. The number of aliphatic hydroxyl groups is 2. The number of ether oxygens (including phenoxy) is 2. The average molecular weight is 466 g/mol. The first-order chi connectivity index (χ1) is 15.5. The van der Waals surface area contributed by atoms with Gasteiger partial charge in [0, 0.05) is 12.0 Å². The summed E-state index contributed by atoms with van der Waals surface area (Å²) in [5.41, 5.74) is 6.72. The number of hydrogen-bond acceptors (Lipinski definition) is 6. The first kappa shape index (κ1) is 24.0. The van der Waals surface area contributed by atoms with Gasteiger partial charge < -0.3 is 30.5 Å². The Hall–Kier alpha value is -0.730. The lowest BCUT2D eigenvalue weighted by Gasteiger charge is -2.64. The van der Waals surface area contributed by atoms with E-state index in [9.17, 15) is 20.1 Å². The summed E-state index contributed by atoms with van der Waals surface area (Å²) in [5.74, 6) is 0.487. The van der Waals surface area contributed by atoms with Crippen molar-refractivity contribution in [2.75, 3.05) is 0 Å². The molecule has 0 spiro atoms. The zero-order chi connectivity index (χ0) is 23.8. The molecule has 5 fully saturated rings. The van der Waals surface area contributed by atoms with Crippen LogP contribution in [-0.4, -0.2) is 57.5 Å². The van der Waals surface area contributed by atoms with Gasteiger partial charge in [-0.2, -0.15) is 0 Å². The molecule has 0 aromatic rings. The Balaban J connectivity index is 1.29. The molecule has 33 heavy (non-hydrogen) atoms. The van der Waals surface area contributed by atoms with Crippen molar-refractivity contribution in [3.05, 3.63) is 0 Å². The number of carboxylic acid groups (broad SMARTS) is 1. The standard InChI is InChI=1S/C26H43NO6/c1-14-20(28)13-21(29)23(32-14)33-16-6-9-24(2)15(12-16)4-5-18-17(24)7-10-25(3)19(22(30)31)8-11-26(18,25)27/h14-21,23,28-29H,4-13,27H2,1-3H3,(H,30,31)/t14-,15+,16-,17-,18+,19+,20-,21+,23-,24-,25+,26-/m0/s1. The summed E-state index contributed by atoms with van der Waals surface area (Å²) in [5, 5.41) is 30.2. The summed E-state index contributed by atoms with van der Waals surface area (Å²) in [4.78, 5) is 12.0. The minimum atomic E-state index is -0.794. The molecule has 0 aromatic heterocycles. The molecule has 12 atom stereocenters. The molecule has 7 nitrogen and oxygen atoms in total. The van der Waals surface area contributed by atoms with Crippen LogP contribution in [0.15, 0.2) is 0 Å². The van der Waals surface area contributed by atoms with Crippen molar-refractivity contribution in [3.63, 3.8) is 0 Å². The Morgan fingerprint density at radius 1 is 0.970 bits per heavy atom. The normalized spacial score (nSPS) is 56.5. The van der Waals surface area contributed by atoms with E-state index in [1.54, 1.807) is 0 Å². The number of carboxylic acids is 1. The lowest BCUT2D eigenvalue weighted by atomic mass is 9.42. The number of nitrogens with two attached hydrogens (primary N) is 1. The van der Waals surface area contributed by atoms with Gasteiger partial charge in [-0.15, -0.1) is 0 Å². The Labute approximate surface area is 197 Å². The van der Waals surface area contributed by atoms with Gasteiger partial charge in [-0.1, -0.05) is 13.8 Å². The van der Waals surface area contributed by atoms with Crippen molar-refractivity contribution in [1.29, 1.82) is 0 Å². The minimum absolute atomic E-state index is 0.0604. The maximum atomic E-state index is 12.0. The van der Waals surface area contributed by atoms with Crippen LogP contribution in [-0.2, 0) is 14.3 Å². The van der Waals surface area contributed by atoms with Gasteiger partial charge in [0.25, 0.3) is 0 Å². The molecule has 0 radical (unpaired) electrons. The summed E-state index contributed by atoms with van der Waals surface area (Å²) < 4.78 is 12.0. The van der Waals surface area contributed by atoms with Crippen LogP contribution in [0.5, 0.6) is 0 Å². The van der Waals surface area contributed by atoms with E-state index in [0.717, 1.165) is 51.4 Å². The Morgan fingerprint density at radius 2 is 1.73 bits per heavy atom. The topological polar surface area (TPSA) is 122 Å². The predicted molar refractivity (Wildman–Crippen MR) is 122 cm³/mol. The molecule has 1 heterocycles. The van der Waals surface area contributed by atoms with Gasteiger partial charge in [0.05, 0.1) is 24.2 Å². The Bertz CT molecular complexity index is 778. The highest BCUT2D eigenvalue weighted by atomic mass is 16.7. The quantitative estimate of drug-likeness (QED) is 0.473. The van der Waals surface area contributed by atoms with Crippen molar-refractivity contribution < 1.29 is 29.6 Å². The fourth-order valence-electron chi connectivity index (χ4n) is 9.06. The van der Waals surface area contributed by atoms with Crippen LogP contribution < -0.4 is 5.73 Å². The first-order valence-electron chi connectivity index (χ1n) is 13.2. The minimum Gasteiger partial charge on any atom is -0.481 e. The first-order valence-corrected chi connectivity index (χ1v) is 13.2. The van der Waals surface area contributed by atoms with Gasteiger partial charge in [-0.25, -0.2) is 0 Å². The summed E-state index contributed by atoms with van der Waals surface area (Å²) in [6, 6.07) is 0. The fourth-order valence-corrected chi connectivity index (χ4v) is 9.06. The predicted octanol–water partition coefficient (Wildman–Crippen LogP) is 3.05. The molecule has 0 aromatic carbocycles. The van der Waals surface area contributed by atoms with E-state index >= 15 is 0 Å². The van der Waals surface area contributed by atoms with E-state index in [1.165, 1.54) is 0 Å². The third-order valence-corrected chi connectivity index (χ3v) is 11.3. The van der Waals surface area contributed by atoms with Gasteiger partial charge in [-0.05, 0) is 93.3 Å². The number of hydrogen-bond donors (Lipinski definition) is 4. The van der Waals surface area contributed by atoms with Crippen molar-refractivity contribution in [2.24, 2.45) is 40.2 Å². The van der Waals surface area contributed by atoms with Crippen molar-refractivity contribution >= 4 is 5.97 Å². The Kier molecular flexibility index (Phi) is 5.93. The zero-order valence-corrected chi connectivity index (χ0v) is 20.4. The van der Waals surface area contributed by atoms with Gasteiger partial charge >= 0.3 is 5.97 Å². The second-order valence-corrected chi connectivity index (χ2v) is 12.5. The molecule has 7 heteroatoms. The molecule has 0 unspecified atom stereocenters. The summed E-state index contributed by atoms with van der Waals surface area (Å²) >= 11 is 0. The molecule has 5 rings (SSSR count). The van der Waals surface area contributed by atoms with Crippen LogP contribution in [0.25, 0.3) is 0 Å². The lowest BCUT2D eigenvalue weighted by molar-refractivity contribution is -0.283. The monoisotopic (exact) mass is 465 g/mol. The molecular weight excluding hydrogens is 422 g/mol. The van der Waals surface area contributed by atoms with Crippen LogP contribution in [0, 0.1) is 34.5 Å². The summed E-state index contributed by atoms with van der Waals surface area (Å²) in [6.07, 6.45) is 6.58. The van der Waals surface area contributed by atoms with Crippen LogP contribution >= 0.6 is 0 Å². The lowest BCUT2D eigenvalue weighted by Crippen LogP contribution is -2.66. The summed E-state index contributed by atoms with van der Waals surface area (Å²) in [6.45, 7) is 6.43. The van der Waals surface area contributed by atoms with E-state index in [2.05, 4.69) is 13.8 Å². The SMILES string of the molecule is C[C@@H]1O[C@@H](O[C@H]2CC[C@@]3(C)[C@H](CC[C@@H]4[C@@H]3CC[C@]3(C)[C@@H](C(=O)O)CC[C@]43N)C2)[C@H](O)C[C@@H]1O. The third-order valence-electron chi connectivity index (χ3n) is 11.3. The van der Waals surface area contributed by atoms with Crippen LogP contribution in [0.3, 0.4) is 0 Å². The zero-order valence-electron chi connectivity index (χ0n) is 20.4. The molecule has 1 aliphatic heterocycles. The van der Waals surface area contributed by atoms with Gasteiger partial charge in [0.2, 0.25) is 0 Å². The molecule has 5 aliphatic rings. The Morgan fingerprint density at radius 3 is 2.45 bits per heavy atom. The number of rotatable bonds is 3. The molecule has 5 N–H and O–H groups in total. The molecule has 1 saturated heterocycles. The van der Waals surface area contributed by atoms with Crippen molar-refractivity contribution in [3.8, 4) is 0 Å².